The van der Waals surface area contributed by atoms with Crippen LogP contribution in [0.3, 0.4) is 0 Å². The number of pyridine rings is 1. The van der Waals surface area contributed by atoms with Crippen LogP contribution >= 0.6 is 0 Å². The van der Waals surface area contributed by atoms with Crippen LogP contribution in [0.2, 0.25) is 0 Å². The standard InChI is InChI=1S/C15H23N3O2/c1-10-7-11(9-15(2,3)8-10)20-13-6-4-5-12(17-13)14(16)18-19/h4-6,10-11,19H,7-9H2,1-3H3,(H2,16,18). The number of nitrogens with two attached hydrogens (primary N) is 1. The Kier molecular flexibility index (Phi) is 4.16. The van der Waals surface area contributed by atoms with E-state index < -0.39 is 0 Å². The molecular formula is C15H23N3O2. The molecule has 1 saturated carbocycles. The van der Waals surface area contributed by atoms with Crippen molar-refractivity contribution < 1.29 is 9.94 Å². The molecule has 1 heterocycles. The van der Waals surface area contributed by atoms with Gasteiger partial charge in [0.05, 0.1) is 0 Å². The van der Waals surface area contributed by atoms with Crippen LogP contribution < -0.4 is 10.5 Å². The minimum absolute atomic E-state index is 0.00667. The van der Waals surface area contributed by atoms with Crippen molar-refractivity contribution in [3.05, 3.63) is 23.9 Å². The van der Waals surface area contributed by atoms with Gasteiger partial charge in [0.2, 0.25) is 5.88 Å². The predicted octanol–water partition coefficient (Wildman–Crippen LogP) is 2.77. The number of hydrogen-bond donors (Lipinski definition) is 2. The minimum atomic E-state index is -0.00667. The van der Waals surface area contributed by atoms with Crippen LogP contribution in [0, 0.1) is 11.3 Å². The lowest BCUT2D eigenvalue weighted by Crippen LogP contribution is -2.34. The fraction of sp³-hybridized carbons (Fsp3) is 0.600. The molecule has 1 aliphatic rings. The van der Waals surface area contributed by atoms with Crippen molar-refractivity contribution in [2.75, 3.05) is 0 Å². The first-order valence-electron chi connectivity index (χ1n) is 7.01. The Balaban J connectivity index is 2.10. The van der Waals surface area contributed by atoms with Gasteiger partial charge in [-0.1, -0.05) is 32.0 Å². The van der Waals surface area contributed by atoms with Crippen LogP contribution in [0.15, 0.2) is 23.4 Å². The third-order valence-corrected chi connectivity index (χ3v) is 3.73. The van der Waals surface area contributed by atoms with Gasteiger partial charge in [0.15, 0.2) is 5.84 Å². The number of oxime groups is 1. The highest BCUT2D eigenvalue weighted by Crippen LogP contribution is 2.39. The van der Waals surface area contributed by atoms with Crippen LogP contribution in [0.25, 0.3) is 0 Å². The summed E-state index contributed by atoms with van der Waals surface area (Å²) in [4.78, 5) is 4.27. The molecule has 0 saturated heterocycles. The summed E-state index contributed by atoms with van der Waals surface area (Å²) in [6, 6.07) is 5.29. The van der Waals surface area contributed by atoms with Crippen LogP contribution in [0.4, 0.5) is 0 Å². The van der Waals surface area contributed by atoms with Crippen molar-refractivity contribution in [3.8, 4) is 5.88 Å². The lowest BCUT2D eigenvalue weighted by molar-refractivity contribution is 0.0532. The van der Waals surface area contributed by atoms with Crippen LogP contribution in [-0.4, -0.2) is 22.1 Å². The Morgan fingerprint density at radius 3 is 2.85 bits per heavy atom. The summed E-state index contributed by atoms with van der Waals surface area (Å²) in [6.07, 6.45) is 3.46. The number of aromatic nitrogens is 1. The Morgan fingerprint density at radius 2 is 2.20 bits per heavy atom. The van der Waals surface area contributed by atoms with Gasteiger partial charge in [-0.15, -0.1) is 0 Å². The molecule has 0 spiro atoms. The van der Waals surface area contributed by atoms with Crippen molar-refractivity contribution >= 4 is 5.84 Å². The second-order valence-corrected chi connectivity index (χ2v) is 6.50. The predicted molar refractivity (Wildman–Crippen MR) is 78.0 cm³/mol. The number of rotatable bonds is 3. The highest BCUT2D eigenvalue weighted by atomic mass is 16.5. The minimum Gasteiger partial charge on any atom is -0.474 e. The monoisotopic (exact) mass is 277 g/mol. The maximum atomic E-state index is 8.69. The Hall–Kier alpha value is -1.78. The molecule has 1 fully saturated rings. The van der Waals surface area contributed by atoms with Crippen molar-refractivity contribution in [3.63, 3.8) is 0 Å². The number of ether oxygens (including phenoxy) is 1. The Morgan fingerprint density at radius 1 is 1.45 bits per heavy atom. The van der Waals surface area contributed by atoms with E-state index in [2.05, 4.69) is 30.9 Å². The second kappa shape index (κ2) is 5.69. The summed E-state index contributed by atoms with van der Waals surface area (Å²) in [6.45, 7) is 6.82. The second-order valence-electron chi connectivity index (χ2n) is 6.50. The maximum absolute atomic E-state index is 8.69. The zero-order valence-corrected chi connectivity index (χ0v) is 12.3. The first-order chi connectivity index (χ1) is 9.39. The lowest BCUT2D eigenvalue weighted by atomic mass is 9.71. The highest BCUT2D eigenvalue weighted by Gasteiger charge is 2.33. The topological polar surface area (TPSA) is 80.7 Å². The normalized spacial score (nSPS) is 26.2. The summed E-state index contributed by atoms with van der Waals surface area (Å²) in [7, 11) is 0. The van der Waals surface area contributed by atoms with Crippen LogP contribution in [0.1, 0.15) is 45.7 Å². The molecule has 1 aliphatic carbocycles. The zero-order chi connectivity index (χ0) is 14.8. The maximum Gasteiger partial charge on any atom is 0.214 e. The third kappa shape index (κ3) is 3.62. The number of hydrogen-bond acceptors (Lipinski definition) is 4. The molecule has 1 aromatic rings. The van der Waals surface area contributed by atoms with Crippen LogP contribution in [-0.2, 0) is 0 Å². The molecule has 5 nitrogen and oxygen atoms in total. The fourth-order valence-electron chi connectivity index (χ4n) is 3.19. The van der Waals surface area contributed by atoms with Gasteiger partial charge in [-0.3, -0.25) is 0 Å². The average molecular weight is 277 g/mol. The Labute approximate surface area is 119 Å². The van der Waals surface area contributed by atoms with Crippen molar-refractivity contribution in [2.45, 2.75) is 46.1 Å². The zero-order valence-electron chi connectivity index (χ0n) is 12.3. The summed E-state index contributed by atoms with van der Waals surface area (Å²) in [5, 5.41) is 11.6. The molecule has 2 rings (SSSR count). The summed E-state index contributed by atoms with van der Waals surface area (Å²) >= 11 is 0. The summed E-state index contributed by atoms with van der Waals surface area (Å²) in [5.41, 5.74) is 6.26. The van der Waals surface area contributed by atoms with Gasteiger partial charge in [-0.05, 0) is 36.7 Å². The third-order valence-electron chi connectivity index (χ3n) is 3.73. The van der Waals surface area contributed by atoms with Crippen molar-refractivity contribution in [1.82, 2.24) is 4.98 Å². The molecule has 0 aromatic carbocycles. The molecule has 2 atom stereocenters. The molecule has 1 aromatic heterocycles. The molecule has 0 bridgehead atoms. The molecule has 0 amide bonds. The van der Waals surface area contributed by atoms with Gasteiger partial charge in [0, 0.05) is 6.07 Å². The highest BCUT2D eigenvalue weighted by molar-refractivity contribution is 5.95. The van der Waals surface area contributed by atoms with Crippen molar-refractivity contribution in [1.29, 1.82) is 0 Å². The molecular weight excluding hydrogens is 254 g/mol. The van der Waals surface area contributed by atoms with Crippen molar-refractivity contribution in [2.24, 2.45) is 22.2 Å². The van der Waals surface area contributed by atoms with E-state index in [9.17, 15) is 0 Å². The first-order valence-corrected chi connectivity index (χ1v) is 7.01. The molecule has 5 heteroatoms. The van der Waals surface area contributed by atoms with E-state index in [1.165, 1.54) is 6.42 Å². The molecule has 0 radical (unpaired) electrons. The average Bonchev–Trinajstić information content (AvgIpc) is 2.35. The van der Waals surface area contributed by atoms with Crippen LogP contribution in [0.5, 0.6) is 5.88 Å². The van der Waals surface area contributed by atoms with E-state index in [1.54, 1.807) is 18.2 Å². The summed E-state index contributed by atoms with van der Waals surface area (Å²) in [5.74, 6) is 1.17. The van der Waals surface area contributed by atoms with Gasteiger partial charge < -0.3 is 15.7 Å². The Bertz CT molecular complexity index is 500. The molecule has 0 aliphatic heterocycles. The van der Waals surface area contributed by atoms with E-state index in [0.717, 1.165) is 12.8 Å². The largest absolute Gasteiger partial charge is 0.474 e. The van der Waals surface area contributed by atoms with E-state index in [0.29, 0.717) is 22.9 Å². The fourth-order valence-corrected chi connectivity index (χ4v) is 3.19. The van der Waals surface area contributed by atoms with Gasteiger partial charge in [-0.2, -0.15) is 0 Å². The van der Waals surface area contributed by atoms with E-state index in [1.807, 2.05) is 0 Å². The van der Waals surface area contributed by atoms with E-state index in [4.69, 9.17) is 15.7 Å². The summed E-state index contributed by atoms with van der Waals surface area (Å²) < 4.78 is 5.99. The van der Waals surface area contributed by atoms with Gasteiger partial charge >= 0.3 is 0 Å². The number of amidine groups is 1. The quantitative estimate of drug-likeness (QED) is 0.385. The lowest BCUT2D eigenvalue weighted by Gasteiger charge is -2.38. The SMILES string of the molecule is CC1CC(Oc2cccc(C(N)=NO)n2)CC(C)(C)C1. The smallest absolute Gasteiger partial charge is 0.214 e. The first kappa shape index (κ1) is 14.6. The van der Waals surface area contributed by atoms with E-state index in [-0.39, 0.29) is 11.9 Å². The molecule has 2 unspecified atom stereocenters. The molecule has 3 N–H and O–H groups in total. The van der Waals surface area contributed by atoms with Gasteiger partial charge in [0.25, 0.3) is 0 Å². The molecule has 110 valence electrons. The van der Waals surface area contributed by atoms with Gasteiger partial charge in [-0.25, -0.2) is 4.98 Å². The molecule has 20 heavy (non-hydrogen) atoms. The van der Waals surface area contributed by atoms with E-state index >= 15 is 0 Å². The number of nitrogens with zero attached hydrogens (tertiary/aromatic N) is 2. The van der Waals surface area contributed by atoms with Gasteiger partial charge in [0.1, 0.15) is 11.8 Å².